The Bertz CT molecular complexity index is 3330. The summed E-state index contributed by atoms with van der Waals surface area (Å²) < 4.78 is 7.70. The van der Waals surface area contributed by atoms with Crippen LogP contribution in [0.4, 0.5) is 0 Å². The lowest BCUT2D eigenvalue weighted by Crippen LogP contribution is -2.12. The van der Waals surface area contributed by atoms with E-state index >= 15 is 0 Å². The van der Waals surface area contributed by atoms with E-state index in [1.165, 1.54) is 175 Å². The Morgan fingerprint density at radius 1 is 0.267 bits per heavy atom. The fraction of sp³-hybridized carbons (Fsp3) is 0.464. The van der Waals surface area contributed by atoms with E-state index in [2.05, 4.69) is 245 Å². The molecule has 4 aliphatic rings. The van der Waals surface area contributed by atoms with Gasteiger partial charge in [0.1, 0.15) is 17.5 Å². The predicted octanol–water partition coefficient (Wildman–Crippen LogP) is 23.3. The quantitative estimate of drug-likeness (QED) is 0.145. The molecule has 90 heavy (non-hydrogen) atoms. The van der Waals surface area contributed by atoms with Crippen LogP contribution >= 0.6 is 0 Å². The molecular formula is C84H108N6. The average Bonchev–Trinajstić information content (AvgIpc) is 1.83. The van der Waals surface area contributed by atoms with Crippen LogP contribution in [0.25, 0.3) is 51.2 Å². The van der Waals surface area contributed by atoms with E-state index in [1.807, 2.05) is 0 Å². The summed E-state index contributed by atoms with van der Waals surface area (Å²) in [7, 11) is 0. The van der Waals surface area contributed by atoms with E-state index in [9.17, 15) is 0 Å². The second-order valence-electron chi connectivity index (χ2n) is 28.9. The molecule has 6 aromatic carbocycles. The molecule has 3 aromatic heterocycles. The molecule has 0 atom stereocenters. The summed E-state index contributed by atoms with van der Waals surface area (Å²) in [5.74, 6) is 5.42. The zero-order valence-corrected chi connectivity index (χ0v) is 58.0. The van der Waals surface area contributed by atoms with Gasteiger partial charge in [0.2, 0.25) is 0 Å². The number of fused-ring (bicyclic) bond motifs is 3. The predicted molar refractivity (Wildman–Crippen MR) is 383 cm³/mol. The van der Waals surface area contributed by atoms with Crippen molar-refractivity contribution in [3.05, 3.63) is 212 Å². The van der Waals surface area contributed by atoms with Crippen LogP contribution in [0.3, 0.4) is 0 Å². The molecule has 0 fully saturated rings. The topological polar surface area (TPSA) is 53.5 Å². The van der Waals surface area contributed by atoms with Crippen LogP contribution in [0.5, 0.6) is 0 Å². The average molecular weight is 1200 g/mol. The van der Waals surface area contributed by atoms with Crippen molar-refractivity contribution in [2.45, 2.75) is 255 Å². The van der Waals surface area contributed by atoms with E-state index in [4.69, 9.17) is 15.0 Å². The van der Waals surface area contributed by atoms with Crippen LogP contribution in [0.1, 0.15) is 279 Å². The van der Waals surface area contributed by atoms with Gasteiger partial charge in [0.15, 0.2) is 0 Å². The molecule has 0 aliphatic carbocycles. The molecule has 6 nitrogen and oxygen atoms in total. The van der Waals surface area contributed by atoms with Gasteiger partial charge in [-0.25, -0.2) is 15.0 Å². The zero-order valence-electron chi connectivity index (χ0n) is 58.0. The van der Waals surface area contributed by atoms with Crippen LogP contribution in [-0.4, -0.2) is 28.7 Å². The van der Waals surface area contributed by atoms with Crippen molar-refractivity contribution < 1.29 is 0 Å². The van der Waals surface area contributed by atoms with E-state index in [0.29, 0.717) is 35.5 Å². The number of benzene rings is 6. The summed E-state index contributed by atoms with van der Waals surface area (Å²) in [4.78, 5) is 16.0. The fourth-order valence-corrected chi connectivity index (χ4v) is 14.4. The number of aromatic nitrogens is 6. The third kappa shape index (κ3) is 15.1. The number of rotatable bonds is 9. The second kappa shape index (κ2) is 29.9. The molecule has 13 rings (SSSR count). The first-order valence-corrected chi connectivity index (χ1v) is 35.3. The molecule has 9 aromatic rings. The highest BCUT2D eigenvalue weighted by Crippen LogP contribution is 2.41. The largest absolute Gasteiger partial charge is 0.296 e. The van der Waals surface area contributed by atoms with Crippen LogP contribution in [0, 0.1) is 20.8 Å². The fourth-order valence-electron chi connectivity index (χ4n) is 14.4. The van der Waals surface area contributed by atoms with Gasteiger partial charge in [-0.1, -0.05) is 247 Å². The van der Waals surface area contributed by atoms with Gasteiger partial charge in [0.05, 0.1) is 17.1 Å². The van der Waals surface area contributed by atoms with Crippen molar-refractivity contribution >= 4 is 0 Å². The molecule has 7 heterocycles. The molecule has 0 saturated carbocycles. The lowest BCUT2D eigenvalue weighted by molar-refractivity contribution is 0.631. The number of aryl methyl sites for hydroxylation is 9. The SMILES string of the molecule is Cc1cc(C(C)C)c(-n2c3cnc2-c2ccc(cc2)CCCCCCc2cnc(n2-c2c(C(C)C)cc(C)cc2C(C)C)-c2ccc(cc2)CCCCCCc2cnc(n2-c2c(C(C)C)cc(C)cc2C(C)C)-c2ccc(cc2)CCCCCC3)c(C(C)C)c1. The van der Waals surface area contributed by atoms with Crippen molar-refractivity contribution in [3.8, 4) is 51.2 Å². The Hall–Kier alpha value is -7.05. The highest BCUT2D eigenvalue weighted by atomic mass is 15.1. The van der Waals surface area contributed by atoms with Gasteiger partial charge in [-0.3, -0.25) is 13.7 Å². The van der Waals surface area contributed by atoms with Gasteiger partial charge < -0.3 is 0 Å². The van der Waals surface area contributed by atoms with Crippen LogP contribution in [0.2, 0.25) is 0 Å². The summed E-state index contributed by atoms with van der Waals surface area (Å²) in [5, 5.41) is 0. The third-order valence-corrected chi connectivity index (χ3v) is 19.4. The maximum Gasteiger partial charge on any atom is 0.144 e. The maximum atomic E-state index is 5.32. The lowest BCUT2D eigenvalue weighted by Gasteiger charge is -2.25. The van der Waals surface area contributed by atoms with Crippen molar-refractivity contribution in [2.75, 3.05) is 0 Å². The van der Waals surface area contributed by atoms with E-state index in [0.717, 1.165) is 75.3 Å². The van der Waals surface area contributed by atoms with Gasteiger partial charge in [-0.2, -0.15) is 0 Å². The Labute approximate surface area is 543 Å². The van der Waals surface area contributed by atoms with E-state index in [1.54, 1.807) is 0 Å². The summed E-state index contributed by atoms with van der Waals surface area (Å²) >= 11 is 0. The van der Waals surface area contributed by atoms with Crippen molar-refractivity contribution in [3.63, 3.8) is 0 Å². The Morgan fingerprint density at radius 3 is 0.667 bits per heavy atom. The second-order valence-corrected chi connectivity index (χ2v) is 28.9. The standard InChI is InChI=1S/C84H108N6/c1-55(2)73-46-61(13)47-74(56(3)4)79(73)88-70-31-25-19-16-22-29-65-36-42-68(43-37-65)83-86-54-72(90(83)81-77(59(9)10)50-63(15)51-78(81)60(11)12)33-27-21-18-24-30-66-38-44-69(45-39-66)84-87-53-71(89(84)80-75(57(5)6)48-62(14)49-76(80)58(7)8)32-26-20-17-23-28-64-34-40-67(41-35-64)82(88)85-52-70/h34-60H,16-33H2,1-15H3. The van der Waals surface area contributed by atoms with Crippen LogP contribution < -0.4 is 0 Å². The molecule has 0 unspecified atom stereocenters. The summed E-state index contributed by atoms with van der Waals surface area (Å²) in [6.45, 7) is 35.0. The molecule has 0 radical (unpaired) electrons. The third-order valence-electron chi connectivity index (χ3n) is 19.4. The van der Waals surface area contributed by atoms with Crippen molar-refractivity contribution in [2.24, 2.45) is 0 Å². The molecule has 0 spiro atoms. The smallest absolute Gasteiger partial charge is 0.144 e. The molecule has 4 aliphatic heterocycles. The number of nitrogens with zero attached hydrogens (tertiary/aromatic N) is 6. The Kier molecular flexibility index (Phi) is 21.9. The minimum atomic E-state index is 0.374. The molecule has 0 N–H and O–H groups in total. The molecule has 0 saturated heterocycles. The summed E-state index contributed by atoms with van der Waals surface area (Å²) in [5.41, 5.74) is 28.2. The highest BCUT2D eigenvalue weighted by Gasteiger charge is 2.27. The monoisotopic (exact) mass is 1200 g/mol. The molecule has 6 heteroatoms. The van der Waals surface area contributed by atoms with Crippen LogP contribution in [0.15, 0.2) is 128 Å². The van der Waals surface area contributed by atoms with E-state index < -0.39 is 0 Å². The van der Waals surface area contributed by atoms with Crippen molar-refractivity contribution in [1.29, 1.82) is 0 Å². The molecule has 0 amide bonds. The lowest BCUT2D eigenvalue weighted by atomic mass is 9.90. The first-order chi connectivity index (χ1) is 43.4. The molecule has 474 valence electrons. The summed E-state index contributed by atoms with van der Waals surface area (Å²) in [6.07, 6.45) is 26.9. The minimum Gasteiger partial charge on any atom is -0.296 e. The van der Waals surface area contributed by atoms with Gasteiger partial charge in [-0.15, -0.1) is 0 Å². The van der Waals surface area contributed by atoms with Gasteiger partial charge in [0.25, 0.3) is 0 Å². The normalized spacial score (nSPS) is 14.6. The van der Waals surface area contributed by atoms with E-state index in [-0.39, 0.29) is 0 Å². The molecule has 12 bridgehead atoms. The van der Waals surface area contributed by atoms with Crippen molar-refractivity contribution in [1.82, 2.24) is 28.7 Å². The number of hydrogen-bond acceptors (Lipinski definition) is 3. The Balaban J connectivity index is 0.968. The molecular weight excluding hydrogens is 1090 g/mol. The first-order valence-electron chi connectivity index (χ1n) is 35.3. The Morgan fingerprint density at radius 2 is 0.467 bits per heavy atom. The number of hydrogen-bond donors (Lipinski definition) is 0. The van der Waals surface area contributed by atoms with Gasteiger partial charge >= 0.3 is 0 Å². The van der Waals surface area contributed by atoms with Gasteiger partial charge in [0, 0.05) is 52.4 Å². The highest BCUT2D eigenvalue weighted by molar-refractivity contribution is 5.68. The number of imidazole rings is 3. The minimum absolute atomic E-state index is 0.374. The maximum absolute atomic E-state index is 5.32. The zero-order chi connectivity index (χ0) is 63.8. The first kappa shape index (κ1) is 65.9. The van der Waals surface area contributed by atoms with Gasteiger partial charge in [-0.05, 0) is 183 Å². The van der Waals surface area contributed by atoms with Crippen LogP contribution in [-0.2, 0) is 38.5 Å². The summed E-state index contributed by atoms with van der Waals surface area (Å²) in [6, 6.07) is 42.9.